The third-order valence-electron chi connectivity index (χ3n) is 3.09. The highest BCUT2D eigenvalue weighted by Crippen LogP contribution is 2.30. The number of hydrogen-bond donors (Lipinski definition) is 0. The zero-order valence-electron chi connectivity index (χ0n) is 10.9. The number of ketones is 1. The Morgan fingerprint density at radius 1 is 1.45 bits per heavy atom. The smallest absolute Gasteiger partial charge is 0.194 e. The number of halogens is 2. The largest absolute Gasteiger partial charge is 0.291 e. The maximum Gasteiger partial charge on any atom is 0.194 e. The summed E-state index contributed by atoms with van der Waals surface area (Å²) in [4.78, 5) is 13.9. The molecule has 2 aromatic rings. The van der Waals surface area contributed by atoms with Crippen LogP contribution in [-0.2, 0) is 0 Å². The van der Waals surface area contributed by atoms with Crippen molar-refractivity contribution in [2.24, 2.45) is 0 Å². The van der Waals surface area contributed by atoms with Crippen molar-refractivity contribution in [2.45, 2.75) is 19.8 Å². The molecule has 0 N–H and O–H groups in total. The lowest BCUT2D eigenvalue weighted by Gasteiger charge is -2.09. The zero-order chi connectivity index (χ0) is 14.9. The van der Waals surface area contributed by atoms with Gasteiger partial charge < -0.3 is 0 Å². The molecule has 2 nitrogen and oxygen atoms in total. The molecule has 1 aromatic heterocycles. The number of aryl methyl sites for hydroxylation is 2. The number of Topliss-reactive ketones (excluding diaryl/α,β-unsaturated/α-hetero) is 1. The van der Waals surface area contributed by atoms with E-state index in [1.54, 1.807) is 6.07 Å². The summed E-state index contributed by atoms with van der Waals surface area (Å²) in [6.45, 7) is 3.79. The fourth-order valence-electron chi connectivity index (χ4n) is 1.85. The third kappa shape index (κ3) is 2.60. The van der Waals surface area contributed by atoms with Crippen molar-refractivity contribution in [1.29, 1.82) is 5.26 Å². The fraction of sp³-hybridized carbons (Fsp3) is 0.200. The van der Waals surface area contributed by atoms with Gasteiger partial charge in [-0.05, 0) is 31.5 Å². The predicted octanol–water partition coefficient (Wildman–Crippen LogP) is 4.65. The van der Waals surface area contributed by atoms with E-state index < -0.39 is 17.5 Å². The van der Waals surface area contributed by atoms with Crippen molar-refractivity contribution >= 4 is 28.7 Å². The number of benzene rings is 1. The molecule has 20 heavy (non-hydrogen) atoms. The van der Waals surface area contributed by atoms with Gasteiger partial charge in [-0.2, -0.15) is 5.26 Å². The molecule has 0 saturated carbocycles. The highest BCUT2D eigenvalue weighted by atomic mass is 35.5. The van der Waals surface area contributed by atoms with Gasteiger partial charge in [-0.1, -0.05) is 23.7 Å². The second kappa shape index (κ2) is 5.74. The van der Waals surface area contributed by atoms with Crippen LogP contribution in [0.25, 0.3) is 0 Å². The number of carbonyl (C=O) groups excluding carboxylic acids is 1. The number of nitriles is 1. The first-order valence-electron chi connectivity index (χ1n) is 5.90. The second-order valence-electron chi connectivity index (χ2n) is 4.42. The maximum atomic E-state index is 14.0. The van der Waals surface area contributed by atoms with Crippen LogP contribution in [0, 0.1) is 31.0 Å². The molecule has 0 radical (unpaired) electrons. The predicted molar refractivity (Wildman–Crippen MR) is 77.9 cm³/mol. The van der Waals surface area contributed by atoms with Crippen LogP contribution in [0.5, 0.6) is 0 Å². The molecule has 1 atom stereocenters. The van der Waals surface area contributed by atoms with Gasteiger partial charge in [0.1, 0.15) is 11.7 Å². The molecule has 2 rings (SSSR count). The molecule has 102 valence electrons. The molecule has 5 heteroatoms. The van der Waals surface area contributed by atoms with Gasteiger partial charge in [0.2, 0.25) is 0 Å². The molecular weight excluding hydrogens is 297 g/mol. The summed E-state index contributed by atoms with van der Waals surface area (Å²) >= 11 is 7.02. The molecule has 0 aliphatic heterocycles. The Balaban J connectivity index is 2.45. The fourth-order valence-corrected chi connectivity index (χ4v) is 3.04. The van der Waals surface area contributed by atoms with Crippen LogP contribution in [0.4, 0.5) is 4.39 Å². The lowest BCUT2D eigenvalue weighted by atomic mass is 9.94. The Bertz CT molecular complexity index is 698. The van der Waals surface area contributed by atoms with E-state index >= 15 is 0 Å². The molecule has 0 aliphatic rings. The van der Waals surface area contributed by atoms with Crippen LogP contribution in [-0.4, -0.2) is 5.78 Å². The van der Waals surface area contributed by atoms with Crippen molar-refractivity contribution in [3.05, 3.63) is 56.0 Å². The summed E-state index contributed by atoms with van der Waals surface area (Å²) in [6, 6.07) is 7.94. The molecule has 1 aromatic carbocycles. The summed E-state index contributed by atoms with van der Waals surface area (Å²) in [7, 11) is 0. The Labute approximate surface area is 125 Å². The summed E-state index contributed by atoms with van der Waals surface area (Å²) in [5, 5.41) is 9.14. The minimum atomic E-state index is -1.17. The van der Waals surface area contributed by atoms with Gasteiger partial charge in [0.05, 0.1) is 16.0 Å². The van der Waals surface area contributed by atoms with Crippen LogP contribution in [0.3, 0.4) is 0 Å². The van der Waals surface area contributed by atoms with Gasteiger partial charge in [0.25, 0.3) is 0 Å². The van der Waals surface area contributed by atoms with E-state index in [1.165, 1.54) is 29.5 Å². The Hall–Kier alpha value is -1.70. The van der Waals surface area contributed by atoms with Gasteiger partial charge in [0.15, 0.2) is 5.78 Å². The van der Waals surface area contributed by atoms with Crippen molar-refractivity contribution in [1.82, 2.24) is 0 Å². The number of hydrogen-bond acceptors (Lipinski definition) is 3. The molecule has 0 amide bonds. The van der Waals surface area contributed by atoms with Crippen molar-refractivity contribution in [2.75, 3.05) is 0 Å². The molecule has 1 heterocycles. The van der Waals surface area contributed by atoms with E-state index in [1.807, 2.05) is 19.9 Å². The minimum absolute atomic E-state index is 0.0220. The van der Waals surface area contributed by atoms with Crippen molar-refractivity contribution in [3.63, 3.8) is 0 Å². The average molecular weight is 308 g/mol. The topological polar surface area (TPSA) is 40.9 Å². The molecule has 0 spiro atoms. The number of nitrogens with zero attached hydrogens (tertiary/aromatic N) is 1. The van der Waals surface area contributed by atoms with E-state index in [4.69, 9.17) is 11.6 Å². The quantitative estimate of drug-likeness (QED) is 0.775. The van der Waals surface area contributed by atoms with Crippen LogP contribution < -0.4 is 0 Å². The summed E-state index contributed by atoms with van der Waals surface area (Å²) < 4.78 is 14.0. The van der Waals surface area contributed by atoms with Gasteiger partial charge >= 0.3 is 0 Å². The molecule has 1 unspecified atom stereocenters. The average Bonchev–Trinajstić information content (AvgIpc) is 2.75. The number of carbonyl (C=O) groups is 1. The Morgan fingerprint density at radius 3 is 2.70 bits per heavy atom. The van der Waals surface area contributed by atoms with E-state index in [9.17, 15) is 14.4 Å². The molecular formula is C15H11ClFNOS. The van der Waals surface area contributed by atoms with E-state index in [0.717, 1.165) is 10.4 Å². The molecule has 0 fully saturated rings. The maximum absolute atomic E-state index is 14.0. The summed E-state index contributed by atoms with van der Waals surface area (Å²) in [5.74, 6) is -2.28. The Morgan fingerprint density at radius 2 is 2.15 bits per heavy atom. The summed E-state index contributed by atoms with van der Waals surface area (Å²) in [5.41, 5.74) is 1.01. The van der Waals surface area contributed by atoms with Gasteiger partial charge in [-0.15, -0.1) is 11.3 Å². The minimum Gasteiger partial charge on any atom is -0.291 e. The van der Waals surface area contributed by atoms with Crippen LogP contribution in [0.1, 0.15) is 31.6 Å². The summed E-state index contributed by atoms with van der Waals surface area (Å²) in [6.07, 6.45) is 0. The lowest BCUT2D eigenvalue weighted by Crippen LogP contribution is -2.11. The van der Waals surface area contributed by atoms with Crippen LogP contribution in [0.15, 0.2) is 24.3 Å². The highest BCUT2D eigenvalue weighted by molar-refractivity contribution is 7.14. The standard InChI is InChI=1S/C15H11ClFNOS/c1-8-6-13(20-9(8)2)15(19)11(7-18)10-4-3-5-12(16)14(10)17/h3-6,11H,1-2H3. The lowest BCUT2D eigenvalue weighted by molar-refractivity contribution is 0.0981. The third-order valence-corrected chi connectivity index (χ3v) is 4.55. The van der Waals surface area contributed by atoms with Crippen molar-refractivity contribution < 1.29 is 9.18 Å². The van der Waals surface area contributed by atoms with E-state index in [0.29, 0.717) is 4.88 Å². The Kier molecular flexibility index (Phi) is 4.22. The second-order valence-corrected chi connectivity index (χ2v) is 6.08. The SMILES string of the molecule is Cc1cc(C(=O)C(C#N)c2cccc(Cl)c2F)sc1C. The normalized spacial score (nSPS) is 11.9. The molecule has 0 aliphatic carbocycles. The van der Waals surface area contributed by atoms with Gasteiger partial charge in [-0.3, -0.25) is 4.79 Å². The van der Waals surface area contributed by atoms with Gasteiger partial charge in [0, 0.05) is 10.4 Å². The first-order chi connectivity index (χ1) is 9.45. The zero-order valence-corrected chi connectivity index (χ0v) is 12.5. The van der Waals surface area contributed by atoms with Gasteiger partial charge in [-0.25, -0.2) is 4.39 Å². The number of thiophene rings is 1. The van der Waals surface area contributed by atoms with Crippen LogP contribution >= 0.6 is 22.9 Å². The van der Waals surface area contributed by atoms with Crippen molar-refractivity contribution in [3.8, 4) is 6.07 Å². The van der Waals surface area contributed by atoms with E-state index in [2.05, 4.69) is 0 Å². The van der Waals surface area contributed by atoms with Crippen LogP contribution in [0.2, 0.25) is 5.02 Å². The highest BCUT2D eigenvalue weighted by Gasteiger charge is 2.27. The van der Waals surface area contributed by atoms with E-state index in [-0.39, 0.29) is 10.6 Å². The monoisotopic (exact) mass is 307 g/mol. The first-order valence-corrected chi connectivity index (χ1v) is 7.10. The first kappa shape index (κ1) is 14.7. The number of rotatable bonds is 3. The molecule has 0 saturated heterocycles. The molecule has 0 bridgehead atoms.